The Hall–Kier alpha value is -0.970. The summed E-state index contributed by atoms with van der Waals surface area (Å²) in [5, 5.41) is 9.36. The first-order chi connectivity index (χ1) is 7.04. The number of nitrogens with two attached hydrogens (primary N) is 1. The van der Waals surface area contributed by atoms with Crippen molar-refractivity contribution in [3.05, 3.63) is 22.2 Å². The van der Waals surface area contributed by atoms with Crippen molar-refractivity contribution in [3.8, 4) is 0 Å². The number of aliphatic hydroxyl groups excluding tert-OH is 1. The highest BCUT2D eigenvalue weighted by atomic mass is 31.0. The van der Waals surface area contributed by atoms with Gasteiger partial charge < -0.3 is 15.6 Å². The molecule has 0 saturated carbocycles. The van der Waals surface area contributed by atoms with Gasteiger partial charge in [0.15, 0.2) is 6.29 Å². The highest BCUT2D eigenvalue weighted by Gasteiger charge is 2.15. The van der Waals surface area contributed by atoms with Gasteiger partial charge in [-0.05, 0) is 6.42 Å². The molecule has 0 fully saturated rings. The van der Waals surface area contributed by atoms with E-state index in [2.05, 4.69) is 19.2 Å². The summed E-state index contributed by atoms with van der Waals surface area (Å²) in [5.41, 5.74) is 5.57. The number of aromatic nitrogens is 2. The van der Waals surface area contributed by atoms with Crippen LogP contribution in [-0.4, -0.2) is 34.1 Å². The van der Waals surface area contributed by atoms with Gasteiger partial charge in [-0.3, -0.25) is 4.98 Å². The number of hydrogen-bond donors (Lipinski definition) is 3. The second-order valence-electron chi connectivity index (χ2n) is 3.12. The number of methoxy groups -OCH3 is 1. The number of aliphatic hydroxyl groups is 1. The maximum Gasteiger partial charge on any atom is 0.346 e. The molecule has 84 valence electrons. The Morgan fingerprint density at radius 1 is 1.80 bits per heavy atom. The number of anilines is 1. The molecule has 6 nitrogen and oxygen atoms in total. The van der Waals surface area contributed by atoms with Crippen LogP contribution >= 0.6 is 9.24 Å². The smallest absolute Gasteiger partial charge is 0.346 e. The number of hydrogen-bond acceptors (Lipinski definition) is 5. The van der Waals surface area contributed by atoms with Crippen LogP contribution in [0.1, 0.15) is 5.56 Å². The molecule has 4 N–H and O–H groups in total. The number of nitrogens with zero attached hydrogens (tertiary/aromatic N) is 1. The molecule has 15 heavy (non-hydrogen) atoms. The van der Waals surface area contributed by atoms with Gasteiger partial charge in [0.25, 0.3) is 0 Å². The van der Waals surface area contributed by atoms with Crippen LogP contribution in [-0.2, 0) is 11.2 Å². The molecule has 0 saturated heterocycles. The van der Waals surface area contributed by atoms with Gasteiger partial charge in [-0.2, -0.15) is 0 Å². The zero-order chi connectivity index (χ0) is 11.4. The monoisotopic (exact) mass is 231 g/mol. The normalized spacial score (nSPS) is 14.9. The molecule has 3 unspecified atom stereocenters. The van der Waals surface area contributed by atoms with E-state index in [9.17, 15) is 9.90 Å². The van der Waals surface area contributed by atoms with E-state index < -0.39 is 12.0 Å². The number of nitrogen functional groups attached to an aromatic ring is 1. The zero-order valence-corrected chi connectivity index (χ0v) is 9.46. The lowest BCUT2D eigenvalue weighted by Crippen LogP contribution is -2.25. The third kappa shape index (κ3) is 3.27. The summed E-state index contributed by atoms with van der Waals surface area (Å²) in [6.45, 7) is 0. The van der Waals surface area contributed by atoms with Crippen molar-refractivity contribution in [2.45, 2.75) is 18.4 Å². The van der Waals surface area contributed by atoms with E-state index in [1.807, 2.05) is 0 Å². The lowest BCUT2D eigenvalue weighted by molar-refractivity contribution is -0.0734. The summed E-state index contributed by atoms with van der Waals surface area (Å²) in [7, 11) is 3.86. The van der Waals surface area contributed by atoms with E-state index in [0.29, 0.717) is 12.0 Å². The largest absolute Gasteiger partial charge is 0.385 e. The number of ether oxygens (including phenoxy) is 1. The minimum atomic E-state index is -0.888. The second-order valence-corrected chi connectivity index (χ2v) is 3.98. The number of aromatic amines is 1. The van der Waals surface area contributed by atoms with Crippen LogP contribution in [0.4, 0.5) is 5.82 Å². The first-order valence-corrected chi connectivity index (χ1v) is 5.01. The maximum atomic E-state index is 10.8. The zero-order valence-electron chi connectivity index (χ0n) is 8.30. The predicted octanol–water partition coefficient (Wildman–Crippen LogP) is -0.897. The molecule has 1 aromatic rings. The SMILES string of the molecule is COC(O)C(P)Cc1cnc(=O)[nH]c1N. The minimum absolute atomic E-state index is 0.204. The molecule has 0 aliphatic rings. The summed E-state index contributed by atoms with van der Waals surface area (Å²) in [4.78, 5) is 16.7. The molecule has 1 rings (SSSR count). The average molecular weight is 231 g/mol. The van der Waals surface area contributed by atoms with Crippen molar-refractivity contribution < 1.29 is 9.84 Å². The minimum Gasteiger partial charge on any atom is -0.385 e. The molecule has 0 spiro atoms. The van der Waals surface area contributed by atoms with Crippen molar-refractivity contribution in [1.82, 2.24) is 9.97 Å². The van der Waals surface area contributed by atoms with Crippen LogP contribution in [0.5, 0.6) is 0 Å². The van der Waals surface area contributed by atoms with Crippen molar-refractivity contribution in [1.29, 1.82) is 0 Å². The Balaban J connectivity index is 2.76. The molecule has 0 bridgehead atoms. The van der Waals surface area contributed by atoms with E-state index in [-0.39, 0.29) is 11.5 Å². The fourth-order valence-electron chi connectivity index (χ4n) is 1.13. The standard InChI is InChI=1S/C8H14N3O3P/c1-14-7(12)5(15)2-4-3-10-8(13)11-6(4)9/h3,5,7,12H,2,15H2,1H3,(H3,9,10,11,13). The molecular weight excluding hydrogens is 217 g/mol. The quantitative estimate of drug-likeness (QED) is 0.460. The average Bonchev–Trinajstić information content (AvgIpc) is 2.20. The van der Waals surface area contributed by atoms with Crippen LogP contribution in [0.3, 0.4) is 0 Å². The first-order valence-electron chi connectivity index (χ1n) is 4.34. The Bertz CT molecular complexity index is 382. The molecule has 0 aromatic carbocycles. The number of H-pyrrole nitrogens is 1. The van der Waals surface area contributed by atoms with Crippen molar-refractivity contribution in [2.75, 3.05) is 12.8 Å². The molecule has 0 aliphatic carbocycles. The summed E-state index contributed by atoms with van der Waals surface area (Å²) >= 11 is 0. The number of nitrogens with one attached hydrogen (secondary N) is 1. The molecule has 3 atom stereocenters. The highest BCUT2D eigenvalue weighted by molar-refractivity contribution is 7.17. The molecular formula is C8H14N3O3P. The fourth-order valence-corrected chi connectivity index (χ4v) is 1.54. The van der Waals surface area contributed by atoms with Crippen molar-refractivity contribution in [3.63, 3.8) is 0 Å². The molecule has 7 heteroatoms. The van der Waals surface area contributed by atoms with Gasteiger partial charge in [-0.25, -0.2) is 9.78 Å². The van der Waals surface area contributed by atoms with E-state index in [1.54, 1.807) is 0 Å². The van der Waals surface area contributed by atoms with Gasteiger partial charge in [0, 0.05) is 24.5 Å². The van der Waals surface area contributed by atoms with Crippen LogP contribution in [0.15, 0.2) is 11.0 Å². The first kappa shape index (κ1) is 12.1. The van der Waals surface area contributed by atoms with Gasteiger partial charge in [0.1, 0.15) is 5.82 Å². The topological polar surface area (TPSA) is 101 Å². The predicted molar refractivity (Wildman–Crippen MR) is 59.5 cm³/mol. The van der Waals surface area contributed by atoms with Gasteiger partial charge in [0.05, 0.1) is 0 Å². The fraction of sp³-hybridized carbons (Fsp3) is 0.500. The number of rotatable bonds is 4. The second kappa shape index (κ2) is 5.21. The lowest BCUT2D eigenvalue weighted by Gasteiger charge is -2.17. The Morgan fingerprint density at radius 3 is 3.00 bits per heavy atom. The Morgan fingerprint density at radius 2 is 2.47 bits per heavy atom. The summed E-state index contributed by atoms with van der Waals surface area (Å²) in [5.74, 6) is 0.269. The summed E-state index contributed by atoms with van der Waals surface area (Å²) in [6.07, 6.45) is 0.962. The van der Waals surface area contributed by atoms with E-state index >= 15 is 0 Å². The summed E-state index contributed by atoms with van der Waals surface area (Å²) in [6, 6.07) is 0. The van der Waals surface area contributed by atoms with E-state index in [4.69, 9.17) is 10.5 Å². The Kier molecular flexibility index (Phi) is 4.20. The van der Waals surface area contributed by atoms with Crippen molar-refractivity contribution in [2.24, 2.45) is 0 Å². The van der Waals surface area contributed by atoms with Gasteiger partial charge in [-0.15, -0.1) is 9.24 Å². The molecule has 0 aliphatic heterocycles. The third-order valence-electron chi connectivity index (χ3n) is 1.99. The molecule has 0 radical (unpaired) electrons. The van der Waals surface area contributed by atoms with Gasteiger partial charge in [-0.1, -0.05) is 0 Å². The third-order valence-corrected chi connectivity index (χ3v) is 2.55. The van der Waals surface area contributed by atoms with Crippen LogP contribution in [0.2, 0.25) is 0 Å². The van der Waals surface area contributed by atoms with Crippen LogP contribution < -0.4 is 11.4 Å². The molecule has 1 heterocycles. The lowest BCUT2D eigenvalue weighted by atomic mass is 10.1. The van der Waals surface area contributed by atoms with Crippen LogP contribution in [0.25, 0.3) is 0 Å². The van der Waals surface area contributed by atoms with Crippen LogP contribution in [0, 0.1) is 0 Å². The molecule has 0 amide bonds. The van der Waals surface area contributed by atoms with Crippen molar-refractivity contribution >= 4 is 15.1 Å². The van der Waals surface area contributed by atoms with E-state index in [0.717, 1.165) is 0 Å². The van der Waals surface area contributed by atoms with Gasteiger partial charge in [0.2, 0.25) is 0 Å². The maximum absolute atomic E-state index is 10.8. The van der Waals surface area contributed by atoms with Gasteiger partial charge >= 0.3 is 5.69 Å². The summed E-state index contributed by atoms with van der Waals surface area (Å²) < 4.78 is 4.75. The highest BCUT2D eigenvalue weighted by Crippen LogP contribution is 2.16. The molecule has 1 aromatic heterocycles. The van der Waals surface area contributed by atoms with E-state index in [1.165, 1.54) is 13.3 Å². The Labute approximate surface area is 89.1 Å².